The summed E-state index contributed by atoms with van der Waals surface area (Å²) in [5.74, 6) is -2.39. The van der Waals surface area contributed by atoms with E-state index in [1.807, 2.05) is 5.43 Å². The highest BCUT2D eigenvalue weighted by Crippen LogP contribution is 2.51. The Labute approximate surface area is 139 Å². The van der Waals surface area contributed by atoms with Crippen LogP contribution in [0.25, 0.3) is 0 Å². The molecule has 0 bridgehead atoms. The molecule has 3 rings (SSSR count). The number of amides is 3. The van der Waals surface area contributed by atoms with E-state index in [-0.39, 0.29) is 24.9 Å². The third-order valence-corrected chi connectivity index (χ3v) is 4.39. The van der Waals surface area contributed by atoms with Gasteiger partial charge in [0.2, 0.25) is 5.91 Å². The number of pyridine rings is 1. The molecule has 1 aliphatic carbocycles. The highest BCUT2D eigenvalue weighted by molar-refractivity contribution is 5.97. The fourth-order valence-electron chi connectivity index (χ4n) is 3.15. The average Bonchev–Trinajstić information content (AvgIpc) is 3.05. The number of aromatic nitrogens is 1. The number of hydrazine groups is 1. The van der Waals surface area contributed by atoms with Gasteiger partial charge in [0.25, 0.3) is 5.91 Å². The van der Waals surface area contributed by atoms with Gasteiger partial charge in [-0.25, -0.2) is 4.79 Å². The zero-order chi connectivity index (χ0) is 18.4. The molecule has 1 aliphatic heterocycles. The Morgan fingerprint density at radius 2 is 1.84 bits per heavy atom. The topological polar surface area (TPSA) is 112 Å². The Morgan fingerprint density at radius 3 is 2.40 bits per heavy atom. The highest BCUT2D eigenvalue weighted by Gasteiger charge is 2.60. The van der Waals surface area contributed by atoms with Crippen molar-refractivity contribution in [2.24, 2.45) is 17.8 Å². The van der Waals surface area contributed by atoms with Crippen LogP contribution in [0, 0.1) is 17.8 Å². The lowest BCUT2D eigenvalue weighted by Crippen LogP contribution is -2.44. The molecule has 0 aromatic carbocycles. The molecule has 0 spiro atoms. The number of piperidine rings is 1. The molecule has 1 aromatic rings. The van der Waals surface area contributed by atoms with E-state index in [0.29, 0.717) is 0 Å². The normalized spacial score (nSPS) is 24.4. The number of carbonyl (C=O) groups excluding carboxylic acids is 2. The summed E-state index contributed by atoms with van der Waals surface area (Å²) in [6.45, 7) is 0.458. The van der Waals surface area contributed by atoms with Crippen molar-refractivity contribution in [2.75, 3.05) is 13.1 Å². The fourth-order valence-corrected chi connectivity index (χ4v) is 3.15. The molecule has 2 heterocycles. The Kier molecular flexibility index (Phi) is 4.01. The van der Waals surface area contributed by atoms with Crippen LogP contribution >= 0.6 is 0 Å². The lowest BCUT2D eigenvalue weighted by atomic mass is 10.2. The molecule has 25 heavy (non-hydrogen) atoms. The molecule has 1 saturated heterocycles. The second kappa shape index (κ2) is 5.90. The molecule has 3 N–H and O–H groups in total. The van der Waals surface area contributed by atoms with Crippen molar-refractivity contribution < 1.29 is 32.7 Å². The monoisotopic (exact) mass is 358 g/mol. The molecule has 134 valence electrons. The number of rotatable bonds is 2. The van der Waals surface area contributed by atoms with Gasteiger partial charge in [0.05, 0.1) is 5.56 Å². The number of carboxylic acid groups (broad SMARTS) is 1. The maximum absolute atomic E-state index is 12.8. The van der Waals surface area contributed by atoms with E-state index in [1.54, 1.807) is 0 Å². The van der Waals surface area contributed by atoms with Crippen molar-refractivity contribution in [2.45, 2.75) is 6.18 Å². The van der Waals surface area contributed by atoms with Crippen LogP contribution in [0.15, 0.2) is 18.3 Å². The van der Waals surface area contributed by atoms with Crippen molar-refractivity contribution >= 4 is 17.9 Å². The highest BCUT2D eigenvalue weighted by atomic mass is 19.4. The van der Waals surface area contributed by atoms with Crippen LogP contribution in [-0.2, 0) is 11.0 Å². The van der Waals surface area contributed by atoms with Gasteiger partial charge in [0.15, 0.2) is 5.69 Å². The molecule has 3 atom stereocenters. The van der Waals surface area contributed by atoms with Crippen LogP contribution < -0.4 is 10.9 Å². The molecular weight excluding hydrogens is 345 g/mol. The van der Waals surface area contributed by atoms with Gasteiger partial charge in [-0.05, 0) is 24.0 Å². The van der Waals surface area contributed by atoms with E-state index in [2.05, 4.69) is 10.4 Å². The molecule has 0 unspecified atom stereocenters. The van der Waals surface area contributed by atoms with E-state index in [1.165, 1.54) is 11.0 Å². The quantitative estimate of drug-likeness (QED) is 0.675. The van der Waals surface area contributed by atoms with E-state index in [4.69, 9.17) is 5.11 Å². The lowest BCUT2D eigenvalue weighted by Gasteiger charge is -2.16. The fraction of sp³-hybridized carbons (Fsp3) is 0.429. The average molecular weight is 358 g/mol. The van der Waals surface area contributed by atoms with Gasteiger partial charge < -0.3 is 10.0 Å². The van der Waals surface area contributed by atoms with Gasteiger partial charge in [-0.15, -0.1) is 0 Å². The predicted octanol–water partition coefficient (Wildman–Crippen LogP) is 0.717. The lowest BCUT2D eigenvalue weighted by molar-refractivity contribution is -0.141. The van der Waals surface area contributed by atoms with E-state index >= 15 is 0 Å². The number of nitrogens with zero attached hydrogens (tertiary/aromatic N) is 2. The third kappa shape index (κ3) is 3.21. The SMILES string of the molecule is O=C(NNC(=O)[C@@H]1[C@@H]2CN(C(=O)O)C[C@@H]21)c1cccnc1C(F)(F)F. The smallest absolute Gasteiger partial charge is 0.434 e. The van der Waals surface area contributed by atoms with Gasteiger partial charge >= 0.3 is 12.3 Å². The summed E-state index contributed by atoms with van der Waals surface area (Å²) >= 11 is 0. The first-order chi connectivity index (χ1) is 11.7. The van der Waals surface area contributed by atoms with E-state index in [0.717, 1.165) is 12.3 Å². The minimum Gasteiger partial charge on any atom is -0.465 e. The molecular formula is C14H13F3N4O4. The molecule has 1 saturated carbocycles. The summed E-state index contributed by atoms with van der Waals surface area (Å²) in [6, 6.07) is 2.13. The van der Waals surface area contributed by atoms with Crippen LogP contribution in [0.3, 0.4) is 0 Å². The Balaban J connectivity index is 1.56. The zero-order valence-electron chi connectivity index (χ0n) is 12.6. The van der Waals surface area contributed by atoms with Crippen LogP contribution in [0.2, 0.25) is 0 Å². The number of halogens is 3. The van der Waals surface area contributed by atoms with Gasteiger partial charge in [0.1, 0.15) is 0 Å². The zero-order valence-corrected chi connectivity index (χ0v) is 12.6. The Bertz CT molecular complexity index is 727. The van der Waals surface area contributed by atoms with Crippen LogP contribution in [0.5, 0.6) is 0 Å². The van der Waals surface area contributed by atoms with Gasteiger partial charge in [-0.2, -0.15) is 13.2 Å². The Hall–Kier alpha value is -2.85. The summed E-state index contributed by atoms with van der Waals surface area (Å²) in [5.41, 5.74) is 1.99. The van der Waals surface area contributed by atoms with Gasteiger partial charge in [0, 0.05) is 25.2 Å². The van der Waals surface area contributed by atoms with Gasteiger partial charge in [-0.3, -0.25) is 25.4 Å². The maximum atomic E-state index is 12.8. The van der Waals surface area contributed by atoms with Crippen molar-refractivity contribution in [3.8, 4) is 0 Å². The molecule has 3 amide bonds. The summed E-state index contributed by atoms with van der Waals surface area (Å²) in [6.07, 6.45) is -4.94. The number of hydrogen-bond acceptors (Lipinski definition) is 4. The summed E-state index contributed by atoms with van der Waals surface area (Å²) in [7, 11) is 0. The van der Waals surface area contributed by atoms with Gasteiger partial charge in [-0.1, -0.05) is 0 Å². The first-order valence-electron chi connectivity index (χ1n) is 7.30. The third-order valence-electron chi connectivity index (χ3n) is 4.39. The minimum absolute atomic E-state index is 0.128. The van der Waals surface area contributed by atoms with Crippen molar-refractivity contribution in [3.63, 3.8) is 0 Å². The summed E-state index contributed by atoms with van der Waals surface area (Å²) in [5, 5.41) is 8.84. The van der Waals surface area contributed by atoms with E-state index < -0.39 is 41.3 Å². The van der Waals surface area contributed by atoms with Crippen molar-refractivity contribution in [1.29, 1.82) is 0 Å². The van der Waals surface area contributed by atoms with Crippen molar-refractivity contribution in [3.05, 3.63) is 29.6 Å². The first-order valence-corrected chi connectivity index (χ1v) is 7.30. The van der Waals surface area contributed by atoms with Crippen LogP contribution in [-0.4, -0.2) is 46.0 Å². The number of likely N-dealkylation sites (tertiary alicyclic amines) is 1. The number of alkyl halides is 3. The first kappa shape index (κ1) is 17.0. The molecule has 2 fully saturated rings. The second-order valence-electron chi connectivity index (χ2n) is 5.88. The Morgan fingerprint density at radius 1 is 1.20 bits per heavy atom. The predicted molar refractivity (Wildman–Crippen MR) is 74.9 cm³/mol. The van der Waals surface area contributed by atoms with Crippen LogP contribution in [0.4, 0.5) is 18.0 Å². The summed E-state index contributed by atoms with van der Waals surface area (Å²) < 4.78 is 38.5. The van der Waals surface area contributed by atoms with Crippen LogP contribution in [0.1, 0.15) is 16.1 Å². The largest absolute Gasteiger partial charge is 0.465 e. The molecule has 2 aliphatic rings. The molecule has 1 aromatic heterocycles. The number of carbonyl (C=O) groups is 3. The summed E-state index contributed by atoms with van der Waals surface area (Å²) in [4.78, 5) is 39.0. The molecule has 8 nitrogen and oxygen atoms in total. The molecule has 11 heteroatoms. The number of nitrogens with one attached hydrogen (secondary N) is 2. The van der Waals surface area contributed by atoms with Crippen molar-refractivity contribution in [1.82, 2.24) is 20.7 Å². The standard InChI is InChI=1S/C14H13F3N4O4/c15-14(16,17)10-6(2-1-3-18-10)11(22)19-20-12(23)9-7-4-21(13(24)25)5-8(7)9/h1-3,7-9H,4-5H2,(H,19,22)(H,20,23)(H,24,25)/t7-,8+,9-. The minimum atomic E-state index is -4.80. The molecule has 0 radical (unpaired) electrons. The van der Waals surface area contributed by atoms with E-state index in [9.17, 15) is 27.6 Å². The number of hydrogen-bond donors (Lipinski definition) is 3. The second-order valence-corrected chi connectivity index (χ2v) is 5.88. The number of fused-ring (bicyclic) bond motifs is 1. The maximum Gasteiger partial charge on any atom is 0.434 e.